The number of hydrogen-bond acceptors (Lipinski definition) is 2. The van der Waals surface area contributed by atoms with Crippen molar-refractivity contribution >= 4 is 17.6 Å². The molecule has 2 N–H and O–H groups in total. The molecule has 0 bridgehead atoms. The number of amides is 1. The summed E-state index contributed by atoms with van der Waals surface area (Å²) in [6.07, 6.45) is 9.84. The summed E-state index contributed by atoms with van der Waals surface area (Å²) < 4.78 is 0. The van der Waals surface area contributed by atoms with E-state index in [-0.39, 0.29) is 18.2 Å². The van der Waals surface area contributed by atoms with Crippen molar-refractivity contribution in [2.24, 2.45) is 11.8 Å². The minimum absolute atomic E-state index is 0.146. The Labute approximate surface area is 151 Å². The molecule has 1 aliphatic carbocycles. The summed E-state index contributed by atoms with van der Waals surface area (Å²) in [7, 11) is 0. The zero-order valence-electron chi connectivity index (χ0n) is 15.3. The summed E-state index contributed by atoms with van der Waals surface area (Å²) in [5, 5.41) is 11.7. The highest BCUT2D eigenvalue weighted by Crippen LogP contribution is 2.32. The predicted molar refractivity (Wildman–Crippen MR) is 101 cm³/mol. The number of hydrogen-bond donors (Lipinski definition) is 2. The van der Waals surface area contributed by atoms with Crippen LogP contribution in [0.5, 0.6) is 0 Å². The van der Waals surface area contributed by atoms with Crippen LogP contribution in [0.15, 0.2) is 24.3 Å². The van der Waals surface area contributed by atoms with Crippen LogP contribution in [0, 0.1) is 11.8 Å². The van der Waals surface area contributed by atoms with E-state index >= 15 is 0 Å². The van der Waals surface area contributed by atoms with Gasteiger partial charge in [0.25, 0.3) is 0 Å². The molecule has 1 fully saturated rings. The normalized spacial score (nSPS) is 20.2. The van der Waals surface area contributed by atoms with Crippen LogP contribution in [0.1, 0.15) is 70.3 Å². The van der Waals surface area contributed by atoms with Gasteiger partial charge in [-0.3, -0.25) is 9.59 Å². The lowest BCUT2D eigenvalue weighted by Crippen LogP contribution is -2.27. The van der Waals surface area contributed by atoms with Crippen LogP contribution >= 0.6 is 0 Å². The summed E-state index contributed by atoms with van der Waals surface area (Å²) in [5.41, 5.74) is 1.94. The second-order valence-electron chi connectivity index (χ2n) is 7.29. The summed E-state index contributed by atoms with van der Waals surface area (Å²) in [5.74, 6) is 0.350. The van der Waals surface area contributed by atoms with Crippen molar-refractivity contribution in [3.8, 4) is 0 Å². The lowest BCUT2D eigenvalue weighted by atomic mass is 9.79. The molecule has 4 heteroatoms. The standard InChI is InChI=1S/C21H31NO3/c1-2-3-5-16-8-12-18(13-9-16)21(25)22-19-14-10-17(11-15-19)6-4-7-20(23)24/h10-11,14-16,18H,2-9,12-13H2,1H3,(H,22,25)(H,23,24). The van der Waals surface area contributed by atoms with E-state index in [9.17, 15) is 9.59 Å². The third kappa shape index (κ3) is 6.89. The summed E-state index contributed by atoms with van der Waals surface area (Å²) in [6, 6.07) is 7.78. The van der Waals surface area contributed by atoms with Crippen LogP contribution in [-0.2, 0) is 16.0 Å². The first-order valence-corrected chi connectivity index (χ1v) is 9.70. The molecular weight excluding hydrogens is 314 g/mol. The lowest BCUT2D eigenvalue weighted by Gasteiger charge is -2.27. The van der Waals surface area contributed by atoms with Gasteiger partial charge in [0, 0.05) is 18.0 Å². The maximum atomic E-state index is 12.4. The first-order valence-electron chi connectivity index (χ1n) is 9.70. The molecular formula is C21H31NO3. The first-order chi connectivity index (χ1) is 12.1. The fraction of sp³-hybridized carbons (Fsp3) is 0.619. The van der Waals surface area contributed by atoms with E-state index in [2.05, 4.69) is 12.2 Å². The Morgan fingerprint density at radius 1 is 1.08 bits per heavy atom. The maximum absolute atomic E-state index is 12.4. The Kier molecular flexibility index (Phi) is 7.96. The molecule has 0 heterocycles. The van der Waals surface area contributed by atoms with E-state index in [0.717, 1.165) is 36.4 Å². The number of carbonyl (C=O) groups is 2. The Morgan fingerprint density at radius 2 is 1.76 bits per heavy atom. The molecule has 0 spiro atoms. The van der Waals surface area contributed by atoms with Crippen LogP contribution in [0.4, 0.5) is 5.69 Å². The van der Waals surface area contributed by atoms with Crippen molar-refractivity contribution in [1.82, 2.24) is 0 Å². The number of carbonyl (C=O) groups excluding carboxylic acids is 1. The Hall–Kier alpha value is -1.84. The molecule has 4 nitrogen and oxygen atoms in total. The largest absolute Gasteiger partial charge is 0.481 e. The van der Waals surface area contributed by atoms with Gasteiger partial charge in [0.05, 0.1) is 0 Å². The molecule has 0 unspecified atom stereocenters. The van der Waals surface area contributed by atoms with Crippen molar-refractivity contribution in [3.05, 3.63) is 29.8 Å². The average molecular weight is 345 g/mol. The van der Waals surface area contributed by atoms with Gasteiger partial charge >= 0.3 is 5.97 Å². The second-order valence-corrected chi connectivity index (χ2v) is 7.29. The number of carboxylic acids is 1. The number of anilines is 1. The molecule has 0 aromatic heterocycles. The van der Waals surface area contributed by atoms with E-state index in [1.807, 2.05) is 24.3 Å². The van der Waals surface area contributed by atoms with Gasteiger partial charge in [-0.15, -0.1) is 0 Å². The smallest absolute Gasteiger partial charge is 0.303 e. The first kappa shape index (κ1) is 19.5. The monoisotopic (exact) mass is 345 g/mol. The number of carboxylic acid groups (broad SMARTS) is 1. The van der Waals surface area contributed by atoms with E-state index < -0.39 is 5.97 Å². The van der Waals surface area contributed by atoms with Crippen LogP contribution in [0.25, 0.3) is 0 Å². The summed E-state index contributed by atoms with van der Waals surface area (Å²) in [6.45, 7) is 2.23. The molecule has 1 saturated carbocycles. The molecule has 2 rings (SSSR count). The van der Waals surface area contributed by atoms with Crippen LogP contribution in [0.3, 0.4) is 0 Å². The van der Waals surface area contributed by atoms with E-state index in [0.29, 0.717) is 6.42 Å². The fourth-order valence-corrected chi connectivity index (χ4v) is 3.65. The van der Waals surface area contributed by atoms with E-state index in [1.54, 1.807) is 0 Å². The third-order valence-electron chi connectivity index (χ3n) is 5.26. The molecule has 138 valence electrons. The van der Waals surface area contributed by atoms with Gasteiger partial charge in [-0.05, 0) is 62.1 Å². The molecule has 1 amide bonds. The van der Waals surface area contributed by atoms with Gasteiger partial charge in [0.15, 0.2) is 0 Å². The Morgan fingerprint density at radius 3 is 2.36 bits per heavy atom. The zero-order valence-corrected chi connectivity index (χ0v) is 15.3. The van der Waals surface area contributed by atoms with Crippen LogP contribution in [-0.4, -0.2) is 17.0 Å². The van der Waals surface area contributed by atoms with E-state index in [4.69, 9.17) is 5.11 Å². The maximum Gasteiger partial charge on any atom is 0.303 e. The molecule has 1 aromatic carbocycles. The number of unbranched alkanes of at least 4 members (excludes halogenated alkanes) is 1. The zero-order chi connectivity index (χ0) is 18.1. The molecule has 25 heavy (non-hydrogen) atoms. The Bertz CT molecular complexity index is 545. The van der Waals surface area contributed by atoms with E-state index in [1.165, 1.54) is 32.1 Å². The minimum atomic E-state index is -0.756. The highest BCUT2D eigenvalue weighted by Gasteiger charge is 2.25. The fourth-order valence-electron chi connectivity index (χ4n) is 3.65. The topological polar surface area (TPSA) is 66.4 Å². The molecule has 1 aliphatic rings. The second kappa shape index (κ2) is 10.2. The summed E-state index contributed by atoms with van der Waals surface area (Å²) in [4.78, 5) is 23.0. The van der Waals surface area contributed by atoms with Crippen molar-refractivity contribution in [2.45, 2.75) is 71.1 Å². The molecule has 0 atom stereocenters. The number of rotatable bonds is 9. The molecule has 0 aliphatic heterocycles. The highest BCUT2D eigenvalue weighted by atomic mass is 16.4. The summed E-state index contributed by atoms with van der Waals surface area (Å²) >= 11 is 0. The number of nitrogens with one attached hydrogen (secondary N) is 1. The van der Waals surface area contributed by atoms with Gasteiger partial charge in [0.2, 0.25) is 5.91 Å². The predicted octanol–water partition coefficient (Wildman–Crippen LogP) is 5.03. The van der Waals surface area contributed by atoms with Crippen molar-refractivity contribution in [2.75, 3.05) is 5.32 Å². The molecule has 0 saturated heterocycles. The van der Waals surface area contributed by atoms with Crippen molar-refractivity contribution < 1.29 is 14.7 Å². The Balaban J connectivity index is 1.74. The minimum Gasteiger partial charge on any atom is -0.481 e. The van der Waals surface area contributed by atoms with Gasteiger partial charge in [-0.2, -0.15) is 0 Å². The van der Waals surface area contributed by atoms with Gasteiger partial charge in [0.1, 0.15) is 0 Å². The number of aryl methyl sites for hydroxylation is 1. The average Bonchev–Trinajstić information content (AvgIpc) is 2.61. The number of aliphatic carboxylic acids is 1. The quantitative estimate of drug-likeness (QED) is 0.659. The van der Waals surface area contributed by atoms with Crippen LogP contribution < -0.4 is 5.32 Å². The third-order valence-corrected chi connectivity index (χ3v) is 5.26. The lowest BCUT2D eigenvalue weighted by molar-refractivity contribution is -0.137. The molecule has 1 aromatic rings. The highest BCUT2D eigenvalue weighted by molar-refractivity contribution is 5.92. The number of benzene rings is 1. The van der Waals surface area contributed by atoms with Crippen molar-refractivity contribution in [3.63, 3.8) is 0 Å². The molecule has 0 radical (unpaired) electrons. The SMILES string of the molecule is CCCCC1CCC(C(=O)Nc2ccc(CCCC(=O)O)cc2)CC1. The van der Waals surface area contributed by atoms with Crippen LogP contribution in [0.2, 0.25) is 0 Å². The van der Waals surface area contributed by atoms with Gasteiger partial charge in [-0.1, -0.05) is 38.3 Å². The van der Waals surface area contributed by atoms with Crippen molar-refractivity contribution in [1.29, 1.82) is 0 Å². The van der Waals surface area contributed by atoms with Gasteiger partial charge < -0.3 is 10.4 Å². The van der Waals surface area contributed by atoms with Gasteiger partial charge in [-0.25, -0.2) is 0 Å².